The SMILES string of the molecule is Cc1ccc(NC(=O)c2cc(Cl)ccc2[N+](=O)[O-])cc1. The Balaban J connectivity index is 2.31. The van der Waals surface area contributed by atoms with Crippen LogP contribution in [0, 0.1) is 17.0 Å². The number of hydrogen-bond acceptors (Lipinski definition) is 3. The van der Waals surface area contributed by atoms with Gasteiger partial charge in [-0.05, 0) is 31.2 Å². The topological polar surface area (TPSA) is 72.2 Å². The lowest BCUT2D eigenvalue weighted by atomic mass is 10.1. The fourth-order valence-electron chi connectivity index (χ4n) is 1.68. The van der Waals surface area contributed by atoms with E-state index in [9.17, 15) is 14.9 Å². The number of amides is 1. The highest BCUT2D eigenvalue weighted by Crippen LogP contribution is 2.23. The van der Waals surface area contributed by atoms with Crippen LogP contribution in [0.1, 0.15) is 15.9 Å². The van der Waals surface area contributed by atoms with Crippen molar-refractivity contribution in [2.24, 2.45) is 0 Å². The van der Waals surface area contributed by atoms with Crippen LogP contribution in [0.4, 0.5) is 11.4 Å². The van der Waals surface area contributed by atoms with Gasteiger partial charge < -0.3 is 5.32 Å². The number of nitro groups is 1. The molecule has 1 N–H and O–H groups in total. The molecule has 0 saturated carbocycles. The van der Waals surface area contributed by atoms with Crippen LogP contribution in [-0.2, 0) is 0 Å². The van der Waals surface area contributed by atoms with Gasteiger partial charge in [0.05, 0.1) is 4.92 Å². The average Bonchev–Trinajstić information content (AvgIpc) is 2.41. The molecular formula is C14H11ClN2O3. The lowest BCUT2D eigenvalue weighted by molar-refractivity contribution is -0.385. The minimum absolute atomic E-state index is 0.0666. The van der Waals surface area contributed by atoms with Crippen LogP contribution in [0.25, 0.3) is 0 Å². The molecule has 102 valence electrons. The highest BCUT2D eigenvalue weighted by Gasteiger charge is 2.20. The Morgan fingerprint density at radius 2 is 1.85 bits per heavy atom. The van der Waals surface area contributed by atoms with Crippen molar-refractivity contribution in [3.05, 3.63) is 68.7 Å². The second-order valence-corrected chi connectivity index (χ2v) is 4.68. The van der Waals surface area contributed by atoms with Crippen LogP contribution in [-0.4, -0.2) is 10.8 Å². The fraction of sp³-hybridized carbons (Fsp3) is 0.0714. The number of halogens is 1. The number of nitrogens with one attached hydrogen (secondary N) is 1. The number of rotatable bonds is 3. The first-order valence-corrected chi connectivity index (χ1v) is 6.17. The predicted octanol–water partition coefficient (Wildman–Crippen LogP) is 3.81. The van der Waals surface area contributed by atoms with E-state index < -0.39 is 10.8 Å². The van der Waals surface area contributed by atoms with Crippen molar-refractivity contribution in [3.8, 4) is 0 Å². The van der Waals surface area contributed by atoms with Gasteiger partial charge in [-0.1, -0.05) is 29.3 Å². The van der Waals surface area contributed by atoms with E-state index >= 15 is 0 Å². The molecule has 6 heteroatoms. The van der Waals surface area contributed by atoms with Gasteiger partial charge in [0.1, 0.15) is 5.56 Å². The molecular weight excluding hydrogens is 280 g/mol. The van der Waals surface area contributed by atoms with E-state index in [2.05, 4.69) is 5.32 Å². The monoisotopic (exact) mass is 290 g/mol. The summed E-state index contributed by atoms with van der Waals surface area (Å²) >= 11 is 5.79. The lowest BCUT2D eigenvalue weighted by Gasteiger charge is -2.06. The summed E-state index contributed by atoms with van der Waals surface area (Å²) in [6, 6.07) is 11.0. The van der Waals surface area contributed by atoms with E-state index in [1.165, 1.54) is 18.2 Å². The average molecular weight is 291 g/mol. The number of nitro benzene ring substituents is 1. The molecule has 20 heavy (non-hydrogen) atoms. The molecule has 1 amide bonds. The van der Waals surface area contributed by atoms with Gasteiger partial charge in [-0.2, -0.15) is 0 Å². The summed E-state index contributed by atoms with van der Waals surface area (Å²) in [4.78, 5) is 22.4. The molecule has 0 spiro atoms. The van der Waals surface area contributed by atoms with Gasteiger partial charge in [-0.3, -0.25) is 14.9 Å². The highest BCUT2D eigenvalue weighted by molar-refractivity contribution is 6.31. The number of nitrogens with zero attached hydrogens (tertiary/aromatic N) is 1. The summed E-state index contributed by atoms with van der Waals surface area (Å²) in [7, 11) is 0. The van der Waals surface area contributed by atoms with Crippen LogP contribution < -0.4 is 5.32 Å². The molecule has 0 unspecified atom stereocenters. The zero-order valence-electron chi connectivity index (χ0n) is 10.6. The number of carbonyl (C=O) groups is 1. The molecule has 2 aromatic rings. The van der Waals surface area contributed by atoms with Crippen LogP contribution in [0.15, 0.2) is 42.5 Å². The third-order valence-corrected chi connectivity index (χ3v) is 2.94. The van der Waals surface area contributed by atoms with Crippen molar-refractivity contribution >= 4 is 28.9 Å². The highest BCUT2D eigenvalue weighted by atomic mass is 35.5. The number of aryl methyl sites for hydroxylation is 1. The molecule has 0 saturated heterocycles. The first-order chi connectivity index (χ1) is 9.47. The van der Waals surface area contributed by atoms with Crippen LogP contribution in [0.5, 0.6) is 0 Å². The summed E-state index contributed by atoms with van der Waals surface area (Å²) in [5.41, 5.74) is 1.27. The largest absolute Gasteiger partial charge is 0.322 e. The Morgan fingerprint density at radius 1 is 1.20 bits per heavy atom. The number of carbonyl (C=O) groups excluding carboxylic acids is 1. The summed E-state index contributed by atoms with van der Waals surface area (Å²) < 4.78 is 0. The molecule has 0 heterocycles. The summed E-state index contributed by atoms with van der Waals surface area (Å²) in [5.74, 6) is -0.567. The standard InChI is InChI=1S/C14H11ClN2O3/c1-9-2-5-11(6-3-9)16-14(18)12-8-10(15)4-7-13(12)17(19)20/h2-8H,1H3,(H,16,18). The minimum Gasteiger partial charge on any atom is -0.322 e. The molecule has 0 atom stereocenters. The maximum absolute atomic E-state index is 12.1. The second kappa shape index (κ2) is 5.71. The van der Waals surface area contributed by atoms with Gasteiger partial charge in [-0.15, -0.1) is 0 Å². The van der Waals surface area contributed by atoms with Crippen molar-refractivity contribution in [1.82, 2.24) is 0 Å². The molecule has 2 rings (SSSR count). The molecule has 0 aromatic heterocycles. The van der Waals surface area contributed by atoms with E-state index in [1.807, 2.05) is 19.1 Å². The van der Waals surface area contributed by atoms with Gasteiger partial charge in [0, 0.05) is 16.8 Å². The molecule has 0 aliphatic rings. The quantitative estimate of drug-likeness (QED) is 0.690. The van der Waals surface area contributed by atoms with E-state index in [1.54, 1.807) is 12.1 Å². The third kappa shape index (κ3) is 3.13. The molecule has 0 fully saturated rings. The van der Waals surface area contributed by atoms with Gasteiger partial charge in [0.25, 0.3) is 11.6 Å². The Kier molecular flexibility index (Phi) is 4.00. The summed E-state index contributed by atoms with van der Waals surface area (Å²) in [6.45, 7) is 1.92. The second-order valence-electron chi connectivity index (χ2n) is 4.24. The maximum Gasteiger partial charge on any atom is 0.282 e. The Bertz CT molecular complexity index is 669. The molecule has 0 radical (unpaired) electrons. The van der Waals surface area contributed by atoms with Gasteiger partial charge in [0.2, 0.25) is 0 Å². The lowest BCUT2D eigenvalue weighted by Crippen LogP contribution is -2.14. The van der Waals surface area contributed by atoms with Crippen molar-refractivity contribution in [2.75, 3.05) is 5.32 Å². The normalized spacial score (nSPS) is 10.1. The number of hydrogen-bond donors (Lipinski definition) is 1. The van der Waals surface area contributed by atoms with E-state index in [4.69, 9.17) is 11.6 Å². The van der Waals surface area contributed by atoms with Gasteiger partial charge in [0.15, 0.2) is 0 Å². The van der Waals surface area contributed by atoms with Crippen LogP contribution in [0.2, 0.25) is 5.02 Å². The smallest absolute Gasteiger partial charge is 0.282 e. The van der Waals surface area contributed by atoms with Gasteiger partial charge >= 0.3 is 0 Å². The van der Waals surface area contributed by atoms with E-state index in [0.717, 1.165) is 5.56 Å². The molecule has 0 aliphatic heterocycles. The summed E-state index contributed by atoms with van der Waals surface area (Å²) in [6.07, 6.45) is 0. The molecule has 2 aromatic carbocycles. The maximum atomic E-state index is 12.1. The summed E-state index contributed by atoms with van der Waals surface area (Å²) in [5, 5.41) is 13.8. The van der Waals surface area contributed by atoms with Gasteiger partial charge in [-0.25, -0.2) is 0 Å². The van der Waals surface area contributed by atoms with E-state index in [-0.39, 0.29) is 16.3 Å². The van der Waals surface area contributed by atoms with Crippen molar-refractivity contribution in [3.63, 3.8) is 0 Å². The number of benzene rings is 2. The first kappa shape index (κ1) is 14.0. The molecule has 0 aliphatic carbocycles. The Hall–Kier alpha value is -2.40. The minimum atomic E-state index is -0.611. The third-order valence-electron chi connectivity index (χ3n) is 2.71. The Labute approximate surface area is 120 Å². The first-order valence-electron chi connectivity index (χ1n) is 5.79. The van der Waals surface area contributed by atoms with Crippen LogP contribution >= 0.6 is 11.6 Å². The van der Waals surface area contributed by atoms with Crippen LogP contribution in [0.3, 0.4) is 0 Å². The zero-order chi connectivity index (χ0) is 14.7. The van der Waals surface area contributed by atoms with Crippen molar-refractivity contribution in [2.45, 2.75) is 6.92 Å². The Morgan fingerprint density at radius 3 is 2.45 bits per heavy atom. The number of anilines is 1. The van der Waals surface area contributed by atoms with Crippen molar-refractivity contribution < 1.29 is 9.72 Å². The fourth-order valence-corrected chi connectivity index (χ4v) is 1.86. The molecule has 5 nitrogen and oxygen atoms in total. The van der Waals surface area contributed by atoms with Crippen molar-refractivity contribution in [1.29, 1.82) is 0 Å². The zero-order valence-corrected chi connectivity index (χ0v) is 11.3. The predicted molar refractivity (Wildman–Crippen MR) is 77.2 cm³/mol. The van der Waals surface area contributed by atoms with E-state index in [0.29, 0.717) is 5.69 Å². The molecule has 0 bridgehead atoms.